The Balaban J connectivity index is 1.91. The van der Waals surface area contributed by atoms with E-state index in [2.05, 4.69) is 0 Å². The Morgan fingerprint density at radius 3 is 2.64 bits per heavy atom. The van der Waals surface area contributed by atoms with E-state index in [0.29, 0.717) is 38.7 Å². The molecule has 124 valence electrons. The second-order valence-corrected chi connectivity index (χ2v) is 6.80. The smallest absolute Gasteiger partial charge is 0.348 e. The van der Waals surface area contributed by atoms with Crippen LogP contribution in [0.3, 0.4) is 0 Å². The van der Waals surface area contributed by atoms with E-state index in [1.54, 1.807) is 6.07 Å². The van der Waals surface area contributed by atoms with Crippen molar-refractivity contribution in [1.82, 2.24) is 0 Å². The zero-order valence-corrected chi connectivity index (χ0v) is 13.6. The molecule has 0 saturated carbocycles. The maximum absolute atomic E-state index is 12.5. The lowest BCUT2D eigenvalue weighted by Gasteiger charge is -2.27. The molecule has 0 aliphatic carbocycles. The molecule has 4 aromatic rings. The van der Waals surface area contributed by atoms with Gasteiger partial charge in [-0.2, -0.15) is 0 Å². The minimum Gasteiger partial charge on any atom is -0.508 e. The van der Waals surface area contributed by atoms with Crippen molar-refractivity contribution in [3.63, 3.8) is 0 Å². The Labute approximate surface area is 141 Å². The maximum Gasteiger partial charge on any atom is 0.348 e. The highest BCUT2D eigenvalue weighted by atomic mass is 16.5. The van der Waals surface area contributed by atoms with Crippen LogP contribution in [0.2, 0.25) is 0 Å². The van der Waals surface area contributed by atoms with Crippen LogP contribution in [-0.4, -0.2) is 10.7 Å². The van der Waals surface area contributed by atoms with Gasteiger partial charge < -0.3 is 18.7 Å². The zero-order valence-electron chi connectivity index (χ0n) is 13.6. The Morgan fingerprint density at radius 1 is 1.00 bits per heavy atom. The summed E-state index contributed by atoms with van der Waals surface area (Å²) >= 11 is 0. The first kappa shape index (κ1) is 14.2. The van der Waals surface area contributed by atoms with Crippen molar-refractivity contribution in [2.24, 2.45) is 0 Å². The summed E-state index contributed by atoms with van der Waals surface area (Å²) in [6.07, 6.45) is 3.96. The molecule has 1 aliphatic rings. The van der Waals surface area contributed by atoms with Crippen LogP contribution in [0.15, 0.2) is 50.0 Å². The Bertz CT molecular complexity index is 1270. The third kappa shape index (κ3) is 1.99. The van der Waals surface area contributed by atoms with Crippen LogP contribution in [0.4, 0.5) is 0 Å². The lowest BCUT2D eigenvalue weighted by molar-refractivity contribution is 0.159. The summed E-state index contributed by atoms with van der Waals surface area (Å²) in [5.74, 6) is 0.743. The highest BCUT2D eigenvalue weighted by Gasteiger charge is 2.24. The fourth-order valence-corrected chi connectivity index (χ4v) is 3.29. The molecule has 2 aromatic heterocycles. The third-order valence-corrected chi connectivity index (χ3v) is 4.47. The molecule has 1 aliphatic heterocycles. The molecule has 5 rings (SSSR count). The summed E-state index contributed by atoms with van der Waals surface area (Å²) in [6, 6.07) is 8.31. The number of phenols is 1. The average Bonchev–Trinajstić information content (AvgIpc) is 2.90. The molecule has 3 heterocycles. The fraction of sp³-hybridized carbons (Fsp3) is 0.150. The minimum atomic E-state index is -0.493. The van der Waals surface area contributed by atoms with Gasteiger partial charge in [0.1, 0.15) is 33.7 Å². The maximum atomic E-state index is 12.5. The number of aromatic hydroxyl groups is 1. The first-order valence-corrected chi connectivity index (χ1v) is 7.96. The Hall–Kier alpha value is -3.21. The van der Waals surface area contributed by atoms with E-state index in [4.69, 9.17) is 13.6 Å². The summed E-state index contributed by atoms with van der Waals surface area (Å²) in [4.78, 5) is 12.5. The number of fused-ring (bicyclic) bond motifs is 6. The SMILES string of the molecule is CC1(C)C=Cc2cc3c(cc2O1)oc1c2ccc(O)cc2oc(=O)c31. The van der Waals surface area contributed by atoms with Crippen molar-refractivity contribution in [2.45, 2.75) is 19.4 Å². The van der Waals surface area contributed by atoms with Gasteiger partial charge in [0.2, 0.25) is 0 Å². The van der Waals surface area contributed by atoms with E-state index in [-0.39, 0.29) is 5.75 Å². The standard InChI is InChI=1S/C20H14O5/c1-20(2)6-5-10-7-13-16(9-14(10)25-20)23-18-12-4-3-11(21)8-15(12)24-19(22)17(13)18/h3-9,21H,1-2H3. The number of rotatable bonds is 0. The van der Waals surface area contributed by atoms with Crippen LogP contribution in [0.5, 0.6) is 11.5 Å². The molecule has 0 amide bonds. The van der Waals surface area contributed by atoms with Crippen LogP contribution in [0, 0.1) is 0 Å². The number of hydrogen-bond donors (Lipinski definition) is 1. The molecule has 0 fully saturated rings. The molecule has 0 saturated heterocycles. The van der Waals surface area contributed by atoms with Gasteiger partial charge in [0.15, 0.2) is 5.58 Å². The highest BCUT2D eigenvalue weighted by Crippen LogP contribution is 2.39. The highest BCUT2D eigenvalue weighted by molar-refractivity contribution is 6.13. The second kappa shape index (κ2) is 4.45. The van der Waals surface area contributed by atoms with Crippen molar-refractivity contribution >= 4 is 39.0 Å². The predicted molar refractivity (Wildman–Crippen MR) is 95.2 cm³/mol. The Kier molecular flexibility index (Phi) is 2.52. The van der Waals surface area contributed by atoms with Gasteiger partial charge in [0.05, 0.1) is 5.39 Å². The van der Waals surface area contributed by atoms with Gasteiger partial charge in [-0.3, -0.25) is 0 Å². The van der Waals surface area contributed by atoms with Gasteiger partial charge in [-0.05, 0) is 38.1 Å². The minimum absolute atomic E-state index is 0.0299. The molecule has 0 unspecified atom stereocenters. The van der Waals surface area contributed by atoms with E-state index in [1.807, 2.05) is 38.1 Å². The molecule has 25 heavy (non-hydrogen) atoms. The molecule has 1 N–H and O–H groups in total. The largest absolute Gasteiger partial charge is 0.508 e. The monoisotopic (exact) mass is 334 g/mol. The quantitative estimate of drug-likeness (QED) is 0.476. The number of furan rings is 1. The van der Waals surface area contributed by atoms with Crippen molar-refractivity contribution in [3.8, 4) is 11.5 Å². The first-order valence-electron chi connectivity index (χ1n) is 7.96. The summed E-state index contributed by atoms with van der Waals surface area (Å²) in [5.41, 5.74) is 1.31. The number of phenolic OH excluding ortho intramolecular Hbond substituents is 1. The van der Waals surface area contributed by atoms with Crippen LogP contribution in [0.1, 0.15) is 19.4 Å². The van der Waals surface area contributed by atoms with E-state index < -0.39 is 11.2 Å². The van der Waals surface area contributed by atoms with Crippen LogP contribution in [-0.2, 0) is 0 Å². The Morgan fingerprint density at radius 2 is 1.80 bits per heavy atom. The van der Waals surface area contributed by atoms with Crippen LogP contribution < -0.4 is 10.4 Å². The molecule has 0 atom stereocenters. The van der Waals surface area contributed by atoms with Gasteiger partial charge >= 0.3 is 5.63 Å². The number of hydrogen-bond acceptors (Lipinski definition) is 5. The number of ether oxygens (including phenoxy) is 1. The zero-order chi connectivity index (χ0) is 17.3. The van der Waals surface area contributed by atoms with E-state index in [1.165, 1.54) is 12.1 Å². The van der Waals surface area contributed by atoms with Crippen LogP contribution >= 0.6 is 0 Å². The summed E-state index contributed by atoms with van der Waals surface area (Å²) in [6.45, 7) is 3.95. The normalized spacial score (nSPS) is 15.6. The van der Waals surface area contributed by atoms with Gasteiger partial charge in [-0.25, -0.2) is 4.79 Å². The summed E-state index contributed by atoms with van der Waals surface area (Å²) in [5, 5.41) is 11.3. The van der Waals surface area contributed by atoms with Crippen LogP contribution in [0.25, 0.3) is 39.0 Å². The average molecular weight is 334 g/mol. The van der Waals surface area contributed by atoms with Gasteiger partial charge in [-0.1, -0.05) is 6.08 Å². The van der Waals surface area contributed by atoms with Gasteiger partial charge in [0.25, 0.3) is 0 Å². The molecular formula is C20H14O5. The van der Waals surface area contributed by atoms with E-state index >= 15 is 0 Å². The van der Waals surface area contributed by atoms with Crippen molar-refractivity contribution < 1.29 is 18.7 Å². The fourth-order valence-electron chi connectivity index (χ4n) is 3.29. The summed E-state index contributed by atoms with van der Waals surface area (Å²) < 4.78 is 17.3. The lowest BCUT2D eigenvalue weighted by Crippen LogP contribution is -2.27. The van der Waals surface area contributed by atoms with Crippen molar-refractivity contribution in [1.29, 1.82) is 0 Å². The molecule has 2 aromatic carbocycles. The van der Waals surface area contributed by atoms with Crippen molar-refractivity contribution in [2.75, 3.05) is 0 Å². The first-order chi connectivity index (χ1) is 11.9. The number of benzene rings is 2. The van der Waals surface area contributed by atoms with E-state index in [9.17, 15) is 9.90 Å². The van der Waals surface area contributed by atoms with Crippen molar-refractivity contribution in [3.05, 3.63) is 52.4 Å². The molecule has 0 bridgehead atoms. The predicted octanol–water partition coefficient (Wildman–Crippen LogP) is 4.58. The molecule has 5 nitrogen and oxygen atoms in total. The topological polar surface area (TPSA) is 72.8 Å². The molecule has 5 heteroatoms. The molecular weight excluding hydrogens is 320 g/mol. The van der Waals surface area contributed by atoms with Gasteiger partial charge in [-0.15, -0.1) is 0 Å². The van der Waals surface area contributed by atoms with Gasteiger partial charge in [0, 0.05) is 23.1 Å². The lowest BCUT2D eigenvalue weighted by atomic mass is 10.0. The summed E-state index contributed by atoms with van der Waals surface area (Å²) in [7, 11) is 0. The second-order valence-electron chi connectivity index (χ2n) is 6.80. The molecule has 0 spiro atoms. The van der Waals surface area contributed by atoms with E-state index in [0.717, 1.165) is 5.56 Å². The molecule has 0 radical (unpaired) electrons. The third-order valence-electron chi connectivity index (χ3n) is 4.47.